The van der Waals surface area contributed by atoms with E-state index in [4.69, 9.17) is 10.5 Å². The van der Waals surface area contributed by atoms with Gasteiger partial charge in [-0.3, -0.25) is 4.79 Å². The van der Waals surface area contributed by atoms with Crippen molar-refractivity contribution in [3.8, 4) is 11.4 Å². The van der Waals surface area contributed by atoms with E-state index in [2.05, 4.69) is 15.4 Å². The Labute approximate surface area is 151 Å². The lowest BCUT2D eigenvalue weighted by molar-refractivity contribution is -0.120. The molecule has 3 rings (SSSR count). The number of rotatable bonds is 8. The Morgan fingerprint density at radius 2 is 2.08 bits per heavy atom. The summed E-state index contributed by atoms with van der Waals surface area (Å²) in [5.41, 5.74) is 8.18. The van der Waals surface area contributed by atoms with Gasteiger partial charge >= 0.3 is 0 Å². The second kappa shape index (κ2) is 8.77. The first-order chi connectivity index (χ1) is 12.8. The van der Waals surface area contributed by atoms with Crippen LogP contribution in [0.1, 0.15) is 11.1 Å². The molecule has 0 spiro atoms. The number of nitrogens with one attached hydrogen (secondary N) is 1. The van der Waals surface area contributed by atoms with Gasteiger partial charge in [-0.25, -0.2) is 9.67 Å². The lowest BCUT2D eigenvalue weighted by atomic mass is 10.1. The first-order valence-corrected chi connectivity index (χ1v) is 8.37. The first-order valence-electron chi connectivity index (χ1n) is 8.37. The number of hydrogen-bond donors (Lipinski definition) is 2. The molecule has 0 atom stereocenters. The number of benzene rings is 2. The maximum absolute atomic E-state index is 12.3. The van der Waals surface area contributed by atoms with Crippen LogP contribution in [0.4, 0.5) is 0 Å². The number of carbonyl (C=O) groups excluding carboxylic acids is 1. The van der Waals surface area contributed by atoms with Gasteiger partial charge in [0.2, 0.25) is 5.91 Å². The highest BCUT2D eigenvalue weighted by Gasteiger charge is 2.08. The largest absolute Gasteiger partial charge is 0.492 e. The summed E-state index contributed by atoms with van der Waals surface area (Å²) in [4.78, 5) is 16.3. The summed E-state index contributed by atoms with van der Waals surface area (Å²) < 4.78 is 7.17. The number of carbonyl (C=O) groups is 1. The standard InChI is InChI=1S/C19H21N5O2/c20-8-9-26-17-6-3-4-15(10-17)11-19(25)22-12-16-5-1-2-7-18(16)24-14-21-13-23-24/h1-7,10,13-14H,8-9,11-12,20H2,(H,22,25). The van der Waals surface area contributed by atoms with Gasteiger partial charge < -0.3 is 15.8 Å². The van der Waals surface area contributed by atoms with Crippen LogP contribution in [0, 0.1) is 0 Å². The molecule has 0 bridgehead atoms. The van der Waals surface area contributed by atoms with Crippen LogP contribution < -0.4 is 15.8 Å². The zero-order chi connectivity index (χ0) is 18.2. The fraction of sp³-hybridized carbons (Fsp3) is 0.211. The minimum Gasteiger partial charge on any atom is -0.492 e. The summed E-state index contributed by atoms with van der Waals surface area (Å²) in [6.45, 7) is 1.32. The molecule has 134 valence electrons. The van der Waals surface area contributed by atoms with Crippen molar-refractivity contribution >= 4 is 5.91 Å². The quantitative estimate of drug-likeness (QED) is 0.641. The van der Waals surface area contributed by atoms with Gasteiger partial charge in [-0.1, -0.05) is 30.3 Å². The molecular weight excluding hydrogens is 330 g/mol. The molecule has 1 heterocycles. The molecule has 26 heavy (non-hydrogen) atoms. The van der Waals surface area contributed by atoms with E-state index >= 15 is 0 Å². The number of aromatic nitrogens is 3. The Morgan fingerprint density at radius 1 is 1.19 bits per heavy atom. The summed E-state index contributed by atoms with van der Waals surface area (Å²) in [7, 11) is 0. The Bertz CT molecular complexity index is 849. The molecule has 0 aliphatic rings. The zero-order valence-electron chi connectivity index (χ0n) is 14.3. The summed E-state index contributed by atoms with van der Waals surface area (Å²) in [6.07, 6.45) is 3.40. The van der Waals surface area contributed by atoms with Gasteiger partial charge in [0.25, 0.3) is 0 Å². The molecule has 3 N–H and O–H groups in total. The van der Waals surface area contributed by atoms with Gasteiger partial charge in [0.05, 0.1) is 12.1 Å². The van der Waals surface area contributed by atoms with Crippen molar-refractivity contribution in [3.63, 3.8) is 0 Å². The highest BCUT2D eigenvalue weighted by Crippen LogP contribution is 2.15. The van der Waals surface area contributed by atoms with Crippen molar-refractivity contribution in [2.75, 3.05) is 13.2 Å². The molecule has 7 nitrogen and oxygen atoms in total. The molecule has 0 aliphatic carbocycles. The SMILES string of the molecule is NCCOc1cccc(CC(=O)NCc2ccccc2-n2cncn2)c1. The van der Waals surface area contributed by atoms with Crippen LogP contribution in [0.5, 0.6) is 5.75 Å². The van der Waals surface area contributed by atoms with Crippen LogP contribution in [-0.2, 0) is 17.8 Å². The van der Waals surface area contributed by atoms with E-state index in [9.17, 15) is 4.79 Å². The highest BCUT2D eigenvalue weighted by molar-refractivity contribution is 5.78. The minimum absolute atomic E-state index is 0.0608. The van der Waals surface area contributed by atoms with Crippen LogP contribution >= 0.6 is 0 Å². The zero-order valence-corrected chi connectivity index (χ0v) is 14.3. The number of ether oxygens (including phenoxy) is 1. The second-order valence-corrected chi connectivity index (χ2v) is 5.71. The van der Waals surface area contributed by atoms with Gasteiger partial charge in [-0.05, 0) is 29.3 Å². The van der Waals surface area contributed by atoms with Crippen LogP contribution in [-0.4, -0.2) is 33.8 Å². The molecule has 0 fully saturated rings. The Hall–Kier alpha value is -3.19. The van der Waals surface area contributed by atoms with E-state index < -0.39 is 0 Å². The number of nitrogens with zero attached hydrogens (tertiary/aromatic N) is 3. The first kappa shape index (κ1) is 17.6. The molecule has 1 aromatic heterocycles. The fourth-order valence-electron chi connectivity index (χ4n) is 2.58. The van der Waals surface area contributed by atoms with Crippen molar-refractivity contribution in [3.05, 3.63) is 72.3 Å². The van der Waals surface area contributed by atoms with Crippen molar-refractivity contribution in [2.45, 2.75) is 13.0 Å². The lowest BCUT2D eigenvalue weighted by Crippen LogP contribution is -2.25. The molecule has 0 saturated carbocycles. The van der Waals surface area contributed by atoms with Crippen molar-refractivity contribution in [1.82, 2.24) is 20.1 Å². The molecule has 0 unspecified atom stereocenters. The van der Waals surface area contributed by atoms with Crippen LogP contribution in [0.15, 0.2) is 61.2 Å². The second-order valence-electron chi connectivity index (χ2n) is 5.71. The van der Waals surface area contributed by atoms with Gasteiger partial charge in [-0.2, -0.15) is 5.10 Å². The third-order valence-electron chi connectivity index (χ3n) is 3.78. The number of amides is 1. The Morgan fingerprint density at radius 3 is 2.88 bits per heavy atom. The van der Waals surface area contributed by atoms with Crippen LogP contribution in [0.2, 0.25) is 0 Å². The lowest BCUT2D eigenvalue weighted by Gasteiger charge is -2.11. The molecular formula is C19H21N5O2. The number of hydrogen-bond acceptors (Lipinski definition) is 5. The van der Waals surface area contributed by atoms with E-state index in [0.29, 0.717) is 19.7 Å². The molecule has 0 aliphatic heterocycles. The monoisotopic (exact) mass is 351 g/mol. The molecule has 0 saturated heterocycles. The molecule has 0 radical (unpaired) electrons. The highest BCUT2D eigenvalue weighted by atomic mass is 16.5. The average Bonchev–Trinajstić information content (AvgIpc) is 3.20. The molecule has 2 aromatic carbocycles. The van der Waals surface area contributed by atoms with Crippen LogP contribution in [0.3, 0.4) is 0 Å². The Kier molecular flexibility index (Phi) is 5.95. The molecule has 7 heteroatoms. The molecule has 3 aromatic rings. The van der Waals surface area contributed by atoms with Crippen molar-refractivity contribution in [1.29, 1.82) is 0 Å². The summed E-state index contributed by atoms with van der Waals surface area (Å²) in [6, 6.07) is 15.2. The van der Waals surface area contributed by atoms with E-state index in [0.717, 1.165) is 22.6 Å². The van der Waals surface area contributed by atoms with Gasteiger partial charge in [0.1, 0.15) is 25.0 Å². The number of para-hydroxylation sites is 1. The smallest absolute Gasteiger partial charge is 0.224 e. The van der Waals surface area contributed by atoms with Crippen molar-refractivity contribution in [2.24, 2.45) is 5.73 Å². The minimum atomic E-state index is -0.0608. The predicted octanol–water partition coefficient (Wildman–Crippen LogP) is 1.46. The number of nitrogens with two attached hydrogens (primary N) is 1. The summed E-state index contributed by atoms with van der Waals surface area (Å²) in [5, 5.41) is 7.10. The summed E-state index contributed by atoms with van der Waals surface area (Å²) >= 11 is 0. The maximum Gasteiger partial charge on any atom is 0.224 e. The van der Waals surface area contributed by atoms with E-state index in [1.54, 1.807) is 11.0 Å². The van der Waals surface area contributed by atoms with Gasteiger partial charge in [-0.15, -0.1) is 0 Å². The predicted molar refractivity (Wildman–Crippen MR) is 97.9 cm³/mol. The maximum atomic E-state index is 12.3. The van der Waals surface area contributed by atoms with Crippen molar-refractivity contribution < 1.29 is 9.53 Å². The fourth-order valence-corrected chi connectivity index (χ4v) is 2.58. The average molecular weight is 351 g/mol. The van der Waals surface area contributed by atoms with E-state index in [1.165, 1.54) is 6.33 Å². The third-order valence-corrected chi connectivity index (χ3v) is 3.78. The Balaban J connectivity index is 1.60. The van der Waals surface area contributed by atoms with Gasteiger partial charge in [0, 0.05) is 13.1 Å². The van der Waals surface area contributed by atoms with E-state index in [1.807, 2.05) is 48.5 Å². The van der Waals surface area contributed by atoms with E-state index in [-0.39, 0.29) is 12.3 Å². The topological polar surface area (TPSA) is 95.1 Å². The normalized spacial score (nSPS) is 10.5. The van der Waals surface area contributed by atoms with Gasteiger partial charge in [0.15, 0.2) is 0 Å². The third kappa shape index (κ3) is 4.67. The molecule has 1 amide bonds. The summed E-state index contributed by atoms with van der Waals surface area (Å²) in [5.74, 6) is 0.659. The van der Waals surface area contributed by atoms with Crippen LogP contribution in [0.25, 0.3) is 5.69 Å².